The summed E-state index contributed by atoms with van der Waals surface area (Å²) in [5, 5.41) is 8.29. The van der Waals surface area contributed by atoms with Crippen LogP contribution in [0.25, 0.3) is 0 Å². The normalized spacial score (nSPS) is 27.5. The van der Waals surface area contributed by atoms with Crippen molar-refractivity contribution in [2.45, 2.75) is 6.42 Å². The average molecular weight is 207 g/mol. The van der Waals surface area contributed by atoms with Gasteiger partial charge in [0.25, 0.3) is 0 Å². The summed E-state index contributed by atoms with van der Waals surface area (Å²) in [6.45, 7) is 0.346. The van der Waals surface area contributed by atoms with Gasteiger partial charge in [-0.2, -0.15) is 0 Å². The fourth-order valence-electron chi connectivity index (χ4n) is 1.28. The van der Waals surface area contributed by atoms with Gasteiger partial charge in [-0.15, -0.1) is 0 Å². The lowest BCUT2D eigenvalue weighted by Crippen LogP contribution is -2.29. The van der Waals surface area contributed by atoms with Crippen molar-refractivity contribution in [3.63, 3.8) is 0 Å². The van der Waals surface area contributed by atoms with Crippen LogP contribution >= 0.6 is 0 Å². The summed E-state index contributed by atoms with van der Waals surface area (Å²) in [4.78, 5) is 3.76. The molecule has 4 N–H and O–H groups in total. The fraction of sp³-hybridized carbons (Fsp3) is 0.833. The molecule has 0 amide bonds. The van der Waals surface area contributed by atoms with Gasteiger partial charge in [0.15, 0.2) is 9.84 Å². The van der Waals surface area contributed by atoms with E-state index in [-0.39, 0.29) is 23.4 Å². The summed E-state index contributed by atoms with van der Waals surface area (Å²) in [6.07, 6.45) is 0.630. The Labute approximate surface area is 76.7 Å². The van der Waals surface area contributed by atoms with Crippen LogP contribution in [0.2, 0.25) is 0 Å². The third-order valence-corrected chi connectivity index (χ3v) is 3.80. The maximum Gasteiger partial charge on any atom is 0.212 e. The second-order valence-corrected chi connectivity index (χ2v) is 5.34. The van der Waals surface area contributed by atoms with Gasteiger partial charge in [0.05, 0.1) is 11.5 Å². The lowest BCUT2D eigenvalue weighted by Gasteiger charge is -2.03. The molecular weight excluding hydrogens is 194 g/mol. The first-order valence-corrected chi connectivity index (χ1v) is 5.76. The van der Waals surface area contributed by atoms with Crippen LogP contribution in [0.3, 0.4) is 0 Å². The summed E-state index contributed by atoms with van der Waals surface area (Å²) in [7, 11) is -2.84. The van der Waals surface area contributed by atoms with Crippen LogP contribution in [0.5, 0.6) is 0 Å². The van der Waals surface area contributed by atoms with E-state index in [4.69, 9.17) is 10.9 Å². The van der Waals surface area contributed by atoms with Crippen molar-refractivity contribution >= 4 is 15.8 Å². The predicted molar refractivity (Wildman–Crippen MR) is 48.2 cm³/mol. The number of hydrogen-bond acceptors (Lipinski definition) is 4. The van der Waals surface area contributed by atoms with E-state index in [9.17, 15) is 8.42 Å². The van der Waals surface area contributed by atoms with Crippen LogP contribution in [0, 0.1) is 5.92 Å². The van der Waals surface area contributed by atoms with Crippen LogP contribution in [-0.2, 0) is 9.84 Å². The van der Waals surface area contributed by atoms with Gasteiger partial charge in [-0.3, -0.25) is 10.2 Å². The van der Waals surface area contributed by atoms with Gasteiger partial charge in [0.2, 0.25) is 5.96 Å². The van der Waals surface area contributed by atoms with Crippen molar-refractivity contribution in [3.8, 4) is 0 Å². The van der Waals surface area contributed by atoms with Crippen molar-refractivity contribution in [1.82, 2.24) is 5.48 Å². The average Bonchev–Trinajstić information content (AvgIpc) is 2.41. The second kappa shape index (κ2) is 3.93. The Balaban J connectivity index is 2.41. The number of rotatable bonds is 2. The van der Waals surface area contributed by atoms with Crippen molar-refractivity contribution in [2.75, 3.05) is 18.1 Å². The van der Waals surface area contributed by atoms with Gasteiger partial charge in [0, 0.05) is 6.54 Å². The Hall–Kier alpha value is -0.820. The Bertz CT molecular complexity index is 298. The second-order valence-electron chi connectivity index (χ2n) is 3.11. The largest absolute Gasteiger partial charge is 0.368 e. The molecule has 0 aromatic rings. The lowest BCUT2D eigenvalue weighted by atomic mass is 10.1. The molecule has 0 aliphatic carbocycles. The van der Waals surface area contributed by atoms with Crippen molar-refractivity contribution < 1.29 is 13.6 Å². The molecule has 0 radical (unpaired) electrons. The molecule has 76 valence electrons. The van der Waals surface area contributed by atoms with Crippen molar-refractivity contribution in [2.24, 2.45) is 16.6 Å². The summed E-state index contributed by atoms with van der Waals surface area (Å²) in [5.41, 5.74) is 6.85. The smallest absolute Gasteiger partial charge is 0.212 e. The van der Waals surface area contributed by atoms with E-state index >= 15 is 0 Å². The zero-order chi connectivity index (χ0) is 9.90. The molecule has 1 heterocycles. The maximum absolute atomic E-state index is 11.0. The number of aliphatic imine (C=N–C) groups is 1. The molecule has 1 aliphatic heterocycles. The van der Waals surface area contributed by atoms with Gasteiger partial charge >= 0.3 is 0 Å². The molecule has 0 spiro atoms. The van der Waals surface area contributed by atoms with E-state index in [0.29, 0.717) is 13.0 Å². The highest BCUT2D eigenvalue weighted by atomic mass is 32.2. The summed E-state index contributed by atoms with van der Waals surface area (Å²) in [5.74, 6) is 0.371. The maximum atomic E-state index is 11.0. The fourth-order valence-corrected chi connectivity index (χ4v) is 3.13. The van der Waals surface area contributed by atoms with Crippen LogP contribution in [0.4, 0.5) is 0 Å². The standard InChI is InChI=1S/C6H13N3O3S/c7-6(9-10)8-3-5-1-2-13(11,12)4-5/h5,10H,1-4H2,(H3,7,8,9). The SMILES string of the molecule is NC(=NCC1CCS(=O)(=O)C1)NO. The molecule has 0 saturated carbocycles. The van der Waals surface area contributed by atoms with Gasteiger partial charge in [-0.25, -0.2) is 13.9 Å². The Morgan fingerprint density at radius 2 is 2.38 bits per heavy atom. The van der Waals surface area contributed by atoms with Crippen molar-refractivity contribution in [3.05, 3.63) is 0 Å². The van der Waals surface area contributed by atoms with E-state index in [0.717, 1.165) is 0 Å². The first kappa shape index (κ1) is 10.3. The predicted octanol–water partition coefficient (Wildman–Crippen LogP) is -1.29. The summed E-state index contributed by atoms with van der Waals surface area (Å²) < 4.78 is 22.0. The zero-order valence-electron chi connectivity index (χ0n) is 7.10. The lowest BCUT2D eigenvalue weighted by molar-refractivity contribution is 0.232. The van der Waals surface area contributed by atoms with E-state index < -0.39 is 9.84 Å². The van der Waals surface area contributed by atoms with E-state index in [2.05, 4.69) is 4.99 Å². The Morgan fingerprint density at radius 3 is 2.85 bits per heavy atom. The first-order chi connectivity index (χ1) is 6.03. The topological polar surface area (TPSA) is 105 Å². The van der Waals surface area contributed by atoms with Crippen molar-refractivity contribution in [1.29, 1.82) is 0 Å². The molecule has 1 fully saturated rings. The molecule has 1 atom stereocenters. The van der Waals surface area contributed by atoms with Gasteiger partial charge in [-0.05, 0) is 12.3 Å². The molecule has 7 heteroatoms. The van der Waals surface area contributed by atoms with Gasteiger partial charge < -0.3 is 5.73 Å². The zero-order valence-corrected chi connectivity index (χ0v) is 7.92. The minimum atomic E-state index is -2.84. The highest BCUT2D eigenvalue weighted by Crippen LogP contribution is 2.18. The molecule has 1 saturated heterocycles. The molecule has 0 bridgehead atoms. The minimum Gasteiger partial charge on any atom is -0.368 e. The summed E-state index contributed by atoms with van der Waals surface area (Å²) in [6, 6.07) is 0. The number of nitrogens with two attached hydrogens (primary N) is 1. The number of nitrogens with zero attached hydrogens (tertiary/aromatic N) is 1. The molecule has 0 aromatic carbocycles. The molecule has 1 aliphatic rings. The monoisotopic (exact) mass is 207 g/mol. The van der Waals surface area contributed by atoms with E-state index in [1.807, 2.05) is 0 Å². The molecule has 6 nitrogen and oxygen atoms in total. The molecule has 1 rings (SSSR count). The Morgan fingerprint density at radius 1 is 1.69 bits per heavy atom. The van der Waals surface area contributed by atoms with Crippen LogP contribution in [0.1, 0.15) is 6.42 Å². The summed E-state index contributed by atoms with van der Waals surface area (Å²) >= 11 is 0. The number of hydroxylamine groups is 1. The van der Waals surface area contributed by atoms with Gasteiger partial charge in [0.1, 0.15) is 0 Å². The number of hydrogen-bond donors (Lipinski definition) is 3. The van der Waals surface area contributed by atoms with E-state index in [1.54, 1.807) is 5.48 Å². The van der Waals surface area contributed by atoms with Gasteiger partial charge in [-0.1, -0.05) is 0 Å². The van der Waals surface area contributed by atoms with Crippen LogP contribution < -0.4 is 11.2 Å². The first-order valence-electron chi connectivity index (χ1n) is 3.94. The van der Waals surface area contributed by atoms with Crippen LogP contribution in [-0.4, -0.2) is 37.6 Å². The van der Waals surface area contributed by atoms with E-state index in [1.165, 1.54) is 0 Å². The molecular formula is C6H13N3O3S. The third-order valence-electron chi connectivity index (χ3n) is 1.96. The quantitative estimate of drug-likeness (QED) is 0.297. The number of nitrogens with one attached hydrogen (secondary N) is 1. The number of sulfone groups is 1. The molecule has 13 heavy (non-hydrogen) atoms. The minimum absolute atomic E-state index is 0.0388. The highest BCUT2D eigenvalue weighted by Gasteiger charge is 2.27. The Kier molecular flexibility index (Phi) is 3.10. The highest BCUT2D eigenvalue weighted by molar-refractivity contribution is 7.91. The molecule has 0 aromatic heterocycles. The molecule has 1 unspecified atom stereocenters. The van der Waals surface area contributed by atoms with Crippen LogP contribution in [0.15, 0.2) is 4.99 Å². The third kappa shape index (κ3) is 3.19. The number of guanidine groups is 1.